The third kappa shape index (κ3) is 3.58. The van der Waals surface area contributed by atoms with Gasteiger partial charge in [-0.1, -0.05) is 36.4 Å². The van der Waals surface area contributed by atoms with E-state index in [1.165, 1.54) is 0 Å². The van der Waals surface area contributed by atoms with Crippen molar-refractivity contribution >= 4 is 5.69 Å². The van der Waals surface area contributed by atoms with Gasteiger partial charge in [-0.25, -0.2) is 0 Å². The van der Waals surface area contributed by atoms with Gasteiger partial charge in [0.2, 0.25) is 0 Å². The molecule has 1 saturated heterocycles. The van der Waals surface area contributed by atoms with Gasteiger partial charge in [0, 0.05) is 36.4 Å². The lowest BCUT2D eigenvalue weighted by molar-refractivity contribution is -0.0430. The van der Waals surface area contributed by atoms with E-state index in [0.717, 1.165) is 30.9 Å². The van der Waals surface area contributed by atoms with Gasteiger partial charge in [-0.3, -0.25) is 0 Å². The summed E-state index contributed by atoms with van der Waals surface area (Å²) in [6, 6.07) is 14.6. The maximum absolute atomic E-state index is 9.22. The van der Waals surface area contributed by atoms with Gasteiger partial charge in [0.25, 0.3) is 0 Å². The standard InChI is InChI=1S/C18H22N2O4/c21-17(22)13-3-1-12(2-4-13)16-11-19-9-10-20(16)15-7-5-14(6-8-15)18(23)24/h1-8,16-19,21-24H,9-11H2. The van der Waals surface area contributed by atoms with Crippen LogP contribution in [0.5, 0.6) is 0 Å². The smallest absolute Gasteiger partial charge is 0.178 e. The highest BCUT2D eigenvalue weighted by molar-refractivity contribution is 5.51. The third-order valence-electron chi connectivity index (χ3n) is 4.39. The highest BCUT2D eigenvalue weighted by Gasteiger charge is 2.24. The van der Waals surface area contributed by atoms with Crippen LogP contribution in [0, 0.1) is 0 Å². The number of hydrogen-bond acceptors (Lipinski definition) is 6. The van der Waals surface area contributed by atoms with Gasteiger partial charge in [-0.05, 0) is 17.7 Å². The van der Waals surface area contributed by atoms with Crippen LogP contribution in [0.2, 0.25) is 0 Å². The first kappa shape index (κ1) is 16.9. The Morgan fingerprint density at radius 1 is 0.833 bits per heavy atom. The number of nitrogens with zero attached hydrogens (tertiary/aromatic N) is 1. The minimum atomic E-state index is -1.46. The Labute approximate surface area is 140 Å². The second-order valence-electron chi connectivity index (χ2n) is 5.92. The number of rotatable bonds is 4. The van der Waals surface area contributed by atoms with Crippen LogP contribution in [0.1, 0.15) is 35.3 Å². The zero-order valence-corrected chi connectivity index (χ0v) is 13.2. The van der Waals surface area contributed by atoms with Gasteiger partial charge in [-0.2, -0.15) is 0 Å². The first-order valence-electron chi connectivity index (χ1n) is 7.95. The number of nitrogens with one attached hydrogen (secondary N) is 1. The molecule has 0 aromatic heterocycles. The van der Waals surface area contributed by atoms with Crippen molar-refractivity contribution in [3.8, 4) is 0 Å². The Morgan fingerprint density at radius 3 is 1.92 bits per heavy atom. The van der Waals surface area contributed by atoms with Crippen molar-refractivity contribution in [2.24, 2.45) is 0 Å². The summed E-state index contributed by atoms with van der Waals surface area (Å²) in [5.41, 5.74) is 3.03. The van der Waals surface area contributed by atoms with E-state index < -0.39 is 12.6 Å². The molecule has 2 aromatic carbocycles. The highest BCUT2D eigenvalue weighted by Crippen LogP contribution is 2.29. The number of hydrogen-bond donors (Lipinski definition) is 5. The van der Waals surface area contributed by atoms with Crippen LogP contribution in [0.25, 0.3) is 0 Å². The van der Waals surface area contributed by atoms with Crippen molar-refractivity contribution in [1.82, 2.24) is 5.32 Å². The van der Waals surface area contributed by atoms with Gasteiger partial charge in [0.05, 0.1) is 6.04 Å². The Balaban J connectivity index is 1.85. The average Bonchev–Trinajstić information content (AvgIpc) is 2.62. The molecule has 0 spiro atoms. The summed E-state index contributed by atoms with van der Waals surface area (Å²) in [5, 5.41) is 40.2. The lowest BCUT2D eigenvalue weighted by Crippen LogP contribution is -2.46. The zero-order valence-electron chi connectivity index (χ0n) is 13.2. The first-order chi connectivity index (χ1) is 11.6. The van der Waals surface area contributed by atoms with Crippen molar-refractivity contribution in [3.05, 3.63) is 65.2 Å². The first-order valence-corrected chi connectivity index (χ1v) is 7.95. The number of benzene rings is 2. The molecular weight excluding hydrogens is 308 g/mol. The molecule has 0 saturated carbocycles. The molecule has 128 valence electrons. The van der Waals surface area contributed by atoms with Crippen LogP contribution in [0.4, 0.5) is 5.69 Å². The lowest BCUT2D eigenvalue weighted by atomic mass is 10.0. The molecule has 1 aliphatic heterocycles. The maximum Gasteiger partial charge on any atom is 0.178 e. The maximum atomic E-state index is 9.22. The molecule has 2 aromatic rings. The Bertz CT molecular complexity index is 596. The summed E-state index contributed by atoms with van der Waals surface area (Å²) < 4.78 is 0. The summed E-state index contributed by atoms with van der Waals surface area (Å²) >= 11 is 0. The number of piperazine rings is 1. The van der Waals surface area contributed by atoms with Crippen LogP contribution in [-0.2, 0) is 0 Å². The largest absolute Gasteiger partial charge is 0.364 e. The number of aliphatic hydroxyl groups is 4. The summed E-state index contributed by atoms with van der Waals surface area (Å²) in [7, 11) is 0. The molecule has 0 radical (unpaired) electrons. The van der Waals surface area contributed by atoms with E-state index in [2.05, 4.69) is 10.2 Å². The second-order valence-corrected chi connectivity index (χ2v) is 5.92. The quantitative estimate of drug-likeness (QED) is 0.532. The fraction of sp³-hybridized carbons (Fsp3) is 0.333. The predicted molar refractivity (Wildman–Crippen MR) is 90.2 cm³/mol. The summed E-state index contributed by atoms with van der Waals surface area (Å²) in [6.45, 7) is 2.48. The second kappa shape index (κ2) is 7.29. The minimum Gasteiger partial charge on any atom is -0.364 e. The Hall–Kier alpha value is -1.96. The molecule has 3 rings (SSSR count). The molecule has 0 aliphatic carbocycles. The topological polar surface area (TPSA) is 96.2 Å². The molecule has 24 heavy (non-hydrogen) atoms. The highest BCUT2D eigenvalue weighted by atomic mass is 16.5. The van der Waals surface area contributed by atoms with Crippen molar-refractivity contribution in [2.45, 2.75) is 18.6 Å². The van der Waals surface area contributed by atoms with Gasteiger partial charge < -0.3 is 30.6 Å². The van der Waals surface area contributed by atoms with E-state index in [-0.39, 0.29) is 6.04 Å². The zero-order chi connectivity index (χ0) is 17.1. The van der Waals surface area contributed by atoms with Crippen LogP contribution >= 0.6 is 0 Å². The summed E-state index contributed by atoms with van der Waals surface area (Å²) in [5.74, 6) is 0. The van der Waals surface area contributed by atoms with Gasteiger partial charge in [0.1, 0.15) is 0 Å². The molecule has 1 heterocycles. The molecule has 5 N–H and O–H groups in total. The average molecular weight is 330 g/mol. The summed E-state index contributed by atoms with van der Waals surface area (Å²) in [4.78, 5) is 2.26. The van der Waals surface area contributed by atoms with Crippen molar-refractivity contribution in [2.75, 3.05) is 24.5 Å². The molecule has 0 amide bonds. The molecule has 1 atom stereocenters. The Kier molecular flexibility index (Phi) is 5.13. The van der Waals surface area contributed by atoms with Crippen molar-refractivity contribution in [3.63, 3.8) is 0 Å². The number of aliphatic hydroxyl groups excluding tert-OH is 2. The van der Waals surface area contributed by atoms with E-state index in [0.29, 0.717) is 11.1 Å². The minimum absolute atomic E-state index is 0.119. The molecule has 1 unspecified atom stereocenters. The van der Waals surface area contributed by atoms with E-state index >= 15 is 0 Å². The third-order valence-corrected chi connectivity index (χ3v) is 4.39. The fourth-order valence-corrected chi connectivity index (χ4v) is 3.04. The molecule has 0 bridgehead atoms. The Morgan fingerprint density at radius 2 is 1.38 bits per heavy atom. The summed E-state index contributed by atoms with van der Waals surface area (Å²) in [6.07, 6.45) is -2.92. The fourth-order valence-electron chi connectivity index (χ4n) is 3.04. The van der Waals surface area contributed by atoms with Crippen LogP contribution < -0.4 is 10.2 Å². The lowest BCUT2D eigenvalue weighted by Gasteiger charge is -2.38. The van der Waals surface area contributed by atoms with Crippen molar-refractivity contribution in [1.29, 1.82) is 0 Å². The van der Waals surface area contributed by atoms with Crippen LogP contribution in [0.3, 0.4) is 0 Å². The molecular formula is C18H22N2O4. The van der Waals surface area contributed by atoms with E-state index in [4.69, 9.17) is 0 Å². The monoisotopic (exact) mass is 330 g/mol. The van der Waals surface area contributed by atoms with Gasteiger partial charge in [0.15, 0.2) is 12.6 Å². The number of anilines is 1. The van der Waals surface area contributed by atoms with E-state index in [9.17, 15) is 20.4 Å². The van der Waals surface area contributed by atoms with Crippen molar-refractivity contribution < 1.29 is 20.4 Å². The normalized spacial score (nSPS) is 18.4. The predicted octanol–water partition coefficient (Wildman–Crippen LogP) is 0.804. The molecule has 1 aliphatic rings. The van der Waals surface area contributed by atoms with E-state index in [1.807, 2.05) is 24.3 Å². The van der Waals surface area contributed by atoms with Crippen LogP contribution in [0.15, 0.2) is 48.5 Å². The van der Waals surface area contributed by atoms with Crippen LogP contribution in [-0.4, -0.2) is 40.1 Å². The molecule has 6 heteroatoms. The molecule has 1 fully saturated rings. The molecule has 6 nitrogen and oxygen atoms in total. The SMILES string of the molecule is OC(O)c1ccc(C2CNCCN2c2ccc(C(O)O)cc2)cc1. The van der Waals surface area contributed by atoms with Gasteiger partial charge in [-0.15, -0.1) is 0 Å². The van der Waals surface area contributed by atoms with Gasteiger partial charge >= 0.3 is 0 Å². The van der Waals surface area contributed by atoms with E-state index in [1.54, 1.807) is 24.3 Å².